The molecule has 0 aromatic heterocycles. The summed E-state index contributed by atoms with van der Waals surface area (Å²) in [6.07, 6.45) is 4.25. The summed E-state index contributed by atoms with van der Waals surface area (Å²) < 4.78 is 4.89. The average Bonchev–Trinajstić information content (AvgIpc) is 2.39. The third kappa shape index (κ3) is 6.44. The highest BCUT2D eigenvalue weighted by molar-refractivity contribution is 5.69. The van der Waals surface area contributed by atoms with E-state index in [1.54, 1.807) is 0 Å². The summed E-state index contributed by atoms with van der Waals surface area (Å²) in [6, 6.07) is 0. The van der Waals surface area contributed by atoms with E-state index < -0.39 is 27.9 Å². The Hall–Kier alpha value is -1.73. The molecule has 0 spiro atoms. The van der Waals surface area contributed by atoms with Crippen molar-refractivity contribution in [3.05, 3.63) is 20.2 Å². The highest BCUT2D eigenvalue weighted by Crippen LogP contribution is 2.17. The van der Waals surface area contributed by atoms with Gasteiger partial charge in [-0.25, -0.2) is 0 Å². The van der Waals surface area contributed by atoms with Crippen molar-refractivity contribution in [2.45, 2.75) is 64.5 Å². The van der Waals surface area contributed by atoms with E-state index in [0.717, 1.165) is 39.0 Å². The van der Waals surface area contributed by atoms with Gasteiger partial charge in [-0.1, -0.05) is 32.6 Å². The van der Waals surface area contributed by atoms with Gasteiger partial charge >= 0.3 is 11.6 Å². The van der Waals surface area contributed by atoms with Crippen molar-refractivity contribution < 1.29 is 19.4 Å². The summed E-state index contributed by atoms with van der Waals surface area (Å²) in [4.78, 5) is 30.7. The number of esters is 1. The van der Waals surface area contributed by atoms with E-state index in [1.165, 1.54) is 0 Å². The predicted octanol–water partition coefficient (Wildman–Crippen LogP) is 2.55. The molecule has 0 aromatic rings. The Morgan fingerprint density at radius 1 is 1.10 bits per heavy atom. The summed E-state index contributed by atoms with van der Waals surface area (Å²) in [6.45, 7) is 3.25. The van der Waals surface area contributed by atoms with Crippen LogP contribution in [-0.2, 0) is 9.53 Å². The van der Waals surface area contributed by atoms with Crippen molar-refractivity contribution in [3.63, 3.8) is 0 Å². The van der Waals surface area contributed by atoms with E-state index in [9.17, 15) is 25.0 Å². The molecule has 8 heteroatoms. The van der Waals surface area contributed by atoms with Gasteiger partial charge < -0.3 is 4.74 Å². The molecule has 0 amide bonds. The minimum absolute atomic E-state index is 0.260. The fourth-order valence-corrected chi connectivity index (χ4v) is 1.55. The van der Waals surface area contributed by atoms with Crippen LogP contribution in [0.25, 0.3) is 0 Å². The summed E-state index contributed by atoms with van der Waals surface area (Å²) >= 11 is 0. The van der Waals surface area contributed by atoms with Crippen molar-refractivity contribution in [1.82, 2.24) is 0 Å². The number of ether oxygens (including phenoxy) is 1. The smallest absolute Gasteiger partial charge is 0.456 e. The zero-order valence-corrected chi connectivity index (χ0v) is 12.0. The van der Waals surface area contributed by atoms with Gasteiger partial charge in [0.2, 0.25) is 0 Å². The summed E-state index contributed by atoms with van der Waals surface area (Å²) in [5, 5.41) is 21.3. The van der Waals surface area contributed by atoms with Crippen LogP contribution in [0.5, 0.6) is 0 Å². The molecule has 0 radical (unpaired) electrons. The number of carbonyl (C=O) groups excluding carboxylic acids is 1. The van der Waals surface area contributed by atoms with Gasteiger partial charge in [0.1, 0.15) is 0 Å². The molecule has 0 aliphatic heterocycles. The van der Waals surface area contributed by atoms with Gasteiger partial charge in [0, 0.05) is 0 Å². The van der Waals surface area contributed by atoms with Crippen LogP contribution in [0.2, 0.25) is 0 Å². The number of rotatable bonds is 11. The molecule has 0 aliphatic carbocycles. The minimum Gasteiger partial charge on any atom is -0.466 e. The molecule has 0 saturated heterocycles. The fourth-order valence-electron chi connectivity index (χ4n) is 1.55. The van der Waals surface area contributed by atoms with Gasteiger partial charge in [-0.05, 0) is 6.42 Å². The van der Waals surface area contributed by atoms with E-state index in [0.29, 0.717) is 0 Å². The number of nitro groups is 2. The molecule has 0 heterocycles. The lowest BCUT2D eigenvalue weighted by Crippen LogP contribution is -2.43. The lowest BCUT2D eigenvalue weighted by atomic mass is 10.1. The minimum atomic E-state index is -2.33. The number of hydrogen-bond acceptors (Lipinski definition) is 6. The highest BCUT2D eigenvalue weighted by atomic mass is 16.7. The van der Waals surface area contributed by atoms with Crippen LogP contribution in [-0.4, -0.2) is 28.1 Å². The molecule has 20 heavy (non-hydrogen) atoms. The first-order valence-corrected chi connectivity index (χ1v) is 6.79. The Balaban J connectivity index is 3.92. The molecular formula is C12H22N2O6. The Morgan fingerprint density at radius 3 is 2.15 bits per heavy atom. The third-order valence-electron chi connectivity index (χ3n) is 3.10. The van der Waals surface area contributed by atoms with E-state index in [2.05, 4.69) is 6.92 Å². The van der Waals surface area contributed by atoms with Gasteiger partial charge in [-0.3, -0.25) is 25.0 Å². The number of nitrogens with zero attached hydrogens (tertiary/aromatic N) is 2. The molecule has 0 unspecified atom stereocenters. The van der Waals surface area contributed by atoms with Crippen LogP contribution in [0.15, 0.2) is 0 Å². The van der Waals surface area contributed by atoms with Crippen molar-refractivity contribution in [2.75, 3.05) is 6.61 Å². The molecule has 0 saturated carbocycles. The molecule has 0 N–H and O–H groups in total. The van der Waals surface area contributed by atoms with Gasteiger partial charge in [0.05, 0.1) is 36.2 Å². The molecule has 0 fully saturated rings. The molecule has 0 rings (SSSR count). The van der Waals surface area contributed by atoms with Gasteiger partial charge in [-0.15, -0.1) is 0 Å². The lowest BCUT2D eigenvalue weighted by molar-refractivity contribution is -0.792. The molecule has 116 valence electrons. The zero-order chi connectivity index (χ0) is 15.6. The SMILES string of the molecule is CCCCCCCOC(=O)CCC(C)([N+](=O)[O-])[N+](=O)[O-]. The third-order valence-corrected chi connectivity index (χ3v) is 3.10. The highest BCUT2D eigenvalue weighted by Gasteiger charge is 2.50. The van der Waals surface area contributed by atoms with Gasteiger partial charge in [0.25, 0.3) is 0 Å². The molecule has 8 nitrogen and oxygen atoms in total. The van der Waals surface area contributed by atoms with Crippen LogP contribution in [0.3, 0.4) is 0 Å². The maximum Gasteiger partial charge on any atom is 0.456 e. The Morgan fingerprint density at radius 2 is 1.65 bits per heavy atom. The van der Waals surface area contributed by atoms with Gasteiger partial charge in [0.15, 0.2) is 0 Å². The van der Waals surface area contributed by atoms with Crippen molar-refractivity contribution >= 4 is 5.97 Å². The summed E-state index contributed by atoms with van der Waals surface area (Å²) in [7, 11) is 0. The first-order valence-electron chi connectivity index (χ1n) is 6.79. The van der Waals surface area contributed by atoms with Crippen LogP contribution in [0.1, 0.15) is 58.8 Å². The predicted molar refractivity (Wildman–Crippen MR) is 71.3 cm³/mol. The molecule has 0 aliphatic rings. The second-order valence-corrected chi connectivity index (χ2v) is 4.87. The Kier molecular flexibility index (Phi) is 8.42. The normalized spacial score (nSPS) is 11.1. The summed E-state index contributed by atoms with van der Waals surface area (Å²) in [5.41, 5.74) is -2.33. The van der Waals surface area contributed by atoms with Gasteiger partial charge in [-0.2, -0.15) is 0 Å². The lowest BCUT2D eigenvalue weighted by Gasteiger charge is -2.12. The first-order chi connectivity index (χ1) is 9.34. The molecule has 0 aromatic carbocycles. The number of carbonyl (C=O) groups is 1. The van der Waals surface area contributed by atoms with E-state index in [1.807, 2.05) is 0 Å². The van der Waals surface area contributed by atoms with Crippen molar-refractivity contribution in [3.8, 4) is 0 Å². The Bertz CT molecular complexity index is 331. The molecule has 0 bridgehead atoms. The topological polar surface area (TPSA) is 113 Å². The van der Waals surface area contributed by atoms with Crippen LogP contribution >= 0.6 is 0 Å². The van der Waals surface area contributed by atoms with E-state index in [-0.39, 0.29) is 13.0 Å². The second-order valence-electron chi connectivity index (χ2n) is 4.87. The van der Waals surface area contributed by atoms with Crippen molar-refractivity contribution in [1.29, 1.82) is 0 Å². The van der Waals surface area contributed by atoms with Crippen molar-refractivity contribution in [2.24, 2.45) is 0 Å². The monoisotopic (exact) mass is 290 g/mol. The fraction of sp³-hybridized carbons (Fsp3) is 0.917. The maximum absolute atomic E-state index is 11.4. The largest absolute Gasteiger partial charge is 0.466 e. The van der Waals surface area contributed by atoms with Crippen LogP contribution < -0.4 is 0 Å². The average molecular weight is 290 g/mol. The molecule has 0 atom stereocenters. The Labute approximate surface area is 117 Å². The van der Waals surface area contributed by atoms with Crippen LogP contribution in [0, 0.1) is 20.2 Å². The summed E-state index contributed by atoms with van der Waals surface area (Å²) in [5.74, 6) is -0.629. The van der Waals surface area contributed by atoms with Crippen LogP contribution in [0.4, 0.5) is 0 Å². The quantitative estimate of drug-likeness (QED) is 0.190. The van der Waals surface area contributed by atoms with E-state index >= 15 is 0 Å². The molecular weight excluding hydrogens is 268 g/mol. The zero-order valence-electron chi connectivity index (χ0n) is 12.0. The number of unbranched alkanes of at least 4 members (excludes halogenated alkanes) is 4. The number of hydrogen-bond donors (Lipinski definition) is 0. The maximum atomic E-state index is 11.4. The first kappa shape index (κ1) is 18.3. The standard InChI is InChI=1S/C12H22N2O6/c1-3-4-5-6-7-10-20-11(15)8-9-12(2,13(16)17)14(18)19/h3-10H2,1-2H3. The van der Waals surface area contributed by atoms with E-state index in [4.69, 9.17) is 4.74 Å². The second kappa shape index (κ2) is 9.22.